The van der Waals surface area contributed by atoms with E-state index in [1.54, 1.807) is 6.26 Å². The molecule has 0 aliphatic rings. The first-order chi connectivity index (χ1) is 7.32. The van der Waals surface area contributed by atoms with Crippen molar-refractivity contribution < 1.29 is 14.7 Å². The molecule has 0 saturated carbocycles. The second kappa shape index (κ2) is 7.06. The first kappa shape index (κ1) is 15.6. The van der Waals surface area contributed by atoms with Crippen molar-refractivity contribution in [1.82, 2.24) is 5.32 Å². The number of carbonyl (C=O) groups is 2. The summed E-state index contributed by atoms with van der Waals surface area (Å²) in [6.07, 6.45) is 2.09. The summed E-state index contributed by atoms with van der Waals surface area (Å²) >= 11 is 5.54. The van der Waals surface area contributed by atoms with Gasteiger partial charge in [-0.2, -0.15) is 24.4 Å². The lowest BCUT2D eigenvalue weighted by atomic mass is 9.91. The van der Waals surface area contributed by atoms with Crippen LogP contribution < -0.4 is 5.32 Å². The summed E-state index contributed by atoms with van der Waals surface area (Å²) in [5.41, 5.74) is -0.213. The van der Waals surface area contributed by atoms with Crippen LogP contribution in [-0.2, 0) is 9.59 Å². The van der Waals surface area contributed by atoms with Crippen LogP contribution in [0.1, 0.15) is 20.3 Å². The number of hydrogen-bond donors (Lipinski definition) is 3. The summed E-state index contributed by atoms with van der Waals surface area (Å²) in [6.45, 7) is 3.84. The number of amides is 1. The molecule has 16 heavy (non-hydrogen) atoms. The molecule has 4 nitrogen and oxygen atoms in total. The number of carbonyl (C=O) groups excluding carboxylic acids is 1. The maximum Gasteiger partial charge on any atom is 0.327 e. The molecule has 0 rings (SSSR count). The molecule has 0 aliphatic heterocycles. The summed E-state index contributed by atoms with van der Waals surface area (Å²) in [5, 5.41) is 11.4. The van der Waals surface area contributed by atoms with E-state index >= 15 is 0 Å². The van der Waals surface area contributed by atoms with Crippen molar-refractivity contribution in [2.75, 3.05) is 17.8 Å². The highest BCUT2D eigenvalue weighted by Crippen LogP contribution is 2.21. The Hall–Kier alpha value is -0.360. The van der Waals surface area contributed by atoms with E-state index in [2.05, 4.69) is 17.9 Å². The standard InChI is InChI=1S/C10H19NO3S2/c1-10(2,6-15)4-8(12)11-7(5-16-3)9(13)14/h7,15H,4-6H2,1-3H3,(H,11,12)(H,13,14)/t7-/m0/s1. The molecule has 0 heterocycles. The molecule has 0 unspecified atom stereocenters. The van der Waals surface area contributed by atoms with Gasteiger partial charge in [0.25, 0.3) is 0 Å². The summed E-state index contributed by atoms with van der Waals surface area (Å²) < 4.78 is 0. The predicted molar refractivity (Wildman–Crippen MR) is 70.2 cm³/mol. The molecule has 1 atom stereocenters. The van der Waals surface area contributed by atoms with Gasteiger partial charge in [-0.3, -0.25) is 4.79 Å². The van der Waals surface area contributed by atoms with Crippen molar-refractivity contribution in [1.29, 1.82) is 0 Å². The normalized spacial score (nSPS) is 13.2. The van der Waals surface area contributed by atoms with Crippen molar-refractivity contribution in [3.05, 3.63) is 0 Å². The first-order valence-corrected chi connectivity index (χ1v) is 6.97. The van der Waals surface area contributed by atoms with E-state index in [0.717, 1.165) is 0 Å². The van der Waals surface area contributed by atoms with Gasteiger partial charge in [-0.1, -0.05) is 13.8 Å². The number of thiol groups is 1. The van der Waals surface area contributed by atoms with Crippen LogP contribution in [0.3, 0.4) is 0 Å². The third-order valence-corrected chi connectivity index (χ3v) is 3.56. The maximum atomic E-state index is 11.6. The quantitative estimate of drug-likeness (QED) is 0.606. The highest BCUT2D eigenvalue weighted by Gasteiger charge is 2.24. The van der Waals surface area contributed by atoms with Crippen LogP contribution in [0.2, 0.25) is 0 Å². The largest absolute Gasteiger partial charge is 0.480 e. The molecule has 0 aromatic heterocycles. The lowest BCUT2D eigenvalue weighted by molar-refractivity contribution is -0.141. The Morgan fingerprint density at radius 1 is 1.50 bits per heavy atom. The minimum absolute atomic E-state index is 0.213. The zero-order valence-electron chi connectivity index (χ0n) is 9.82. The van der Waals surface area contributed by atoms with E-state index in [1.807, 2.05) is 13.8 Å². The Morgan fingerprint density at radius 2 is 2.06 bits per heavy atom. The Bertz CT molecular complexity index is 256. The lowest BCUT2D eigenvalue weighted by Crippen LogP contribution is -2.44. The van der Waals surface area contributed by atoms with Gasteiger partial charge in [-0.05, 0) is 17.4 Å². The number of carboxylic acid groups (broad SMARTS) is 1. The van der Waals surface area contributed by atoms with Crippen molar-refractivity contribution in [3.8, 4) is 0 Å². The molecule has 0 bridgehead atoms. The third kappa shape index (κ3) is 6.27. The zero-order valence-corrected chi connectivity index (χ0v) is 11.5. The van der Waals surface area contributed by atoms with Crippen LogP contribution in [0, 0.1) is 5.41 Å². The van der Waals surface area contributed by atoms with Gasteiger partial charge >= 0.3 is 5.97 Å². The molecule has 2 N–H and O–H groups in total. The predicted octanol–water partition coefficient (Wildman–Crippen LogP) is 1.26. The van der Waals surface area contributed by atoms with Gasteiger partial charge in [-0.25, -0.2) is 4.79 Å². The first-order valence-electron chi connectivity index (χ1n) is 4.94. The molecule has 94 valence electrons. The number of nitrogens with one attached hydrogen (secondary N) is 1. The van der Waals surface area contributed by atoms with Crippen molar-refractivity contribution in [2.45, 2.75) is 26.3 Å². The van der Waals surface area contributed by atoms with Crippen LogP contribution >= 0.6 is 24.4 Å². The van der Waals surface area contributed by atoms with E-state index in [0.29, 0.717) is 11.5 Å². The Balaban J connectivity index is 4.25. The molecule has 0 saturated heterocycles. The average Bonchev–Trinajstić information content (AvgIpc) is 2.16. The van der Waals surface area contributed by atoms with E-state index < -0.39 is 12.0 Å². The van der Waals surface area contributed by atoms with Gasteiger partial charge in [0.1, 0.15) is 6.04 Å². The molecule has 6 heteroatoms. The molecule has 1 amide bonds. The lowest BCUT2D eigenvalue weighted by Gasteiger charge is -2.22. The molecule has 0 fully saturated rings. The maximum absolute atomic E-state index is 11.6. The highest BCUT2D eigenvalue weighted by molar-refractivity contribution is 7.98. The molecule has 0 spiro atoms. The van der Waals surface area contributed by atoms with E-state index in [1.165, 1.54) is 11.8 Å². The molecular formula is C10H19NO3S2. The van der Waals surface area contributed by atoms with Crippen LogP contribution in [0.5, 0.6) is 0 Å². The molecule has 0 aliphatic carbocycles. The molecule has 0 radical (unpaired) electrons. The van der Waals surface area contributed by atoms with Gasteiger partial charge in [0.05, 0.1) is 0 Å². The van der Waals surface area contributed by atoms with Gasteiger partial charge in [0, 0.05) is 12.2 Å². The average molecular weight is 265 g/mol. The molecule has 0 aromatic carbocycles. The van der Waals surface area contributed by atoms with Gasteiger partial charge in [-0.15, -0.1) is 0 Å². The Morgan fingerprint density at radius 3 is 2.44 bits per heavy atom. The summed E-state index contributed by atoms with van der Waals surface area (Å²) in [7, 11) is 0. The topological polar surface area (TPSA) is 66.4 Å². The van der Waals surface area contributed by atoms with E-state index in [9.17, 15) is 9.59 Å². The number of thioether (sulfide) groups is 1. The fraction of sp³-hybridized carbons (Fsp3) is 0.800. The minimum atomic E-state index is -0.994. The summed E-state index contributed by atoms with van der Waals surface area (Å²) in [4.78, 5) is 22.4. The van der Waals surface area contributed by atoms with Crippen molar-refractivity contribution in [3.63, 3.8) is 0 Å². The number of aliphatic carboxylic acids is 1. The van der Waals surface area contributed by atoms with E-state index in [4.69, 9.17) is 5.11 Å². The van der Waals surface area contributed by atoms with Crippen LogP contribution in [0.4, 0.5) is 0 Å². The fourth-order valence-corrected chi connectivity index (χ4v) is 1.75. The Labute approximate surface area is 106 Å². The fourth-order valence-electron chi connectivity index (χ4n) is 1.08. The minimum Gasteiger partial charge on any atom is -0.480 e. The second-order valence-electron chi connectivity index (χ2n) is 4.41. The number of carboxylic acids is 1. The Kier molecular flexibility index (Phi) is 6.90. The zero-order chi connectivity index (χ0) is 12.8. The van der Waals surface area contributed by atoms with Crippen LogP contribution in [0.25, 0.3) is 0 Å². The van der Waals surface area contributed by atoms with Crippen LogP contribution in [-0.4, -0.2) is 40.8 Å². The number of hydrogen-bond acceptors (Lipinski definition) is 4. The van der Waals surface area contributed by atoms with Gasteiger partial charge in [0.15, 0.2) is 0 Å². The SMILES string of the molecule is CSC[C@H](NC(=O)CC(C)(C)CS)C(=O)O. The second-order valence-corrected chi connectivity index (χ2v) is 5.64. The smallest absolute Gasteiger partial charge is 0.327 e. The van der Waals surface area contributed by atoms with Crippen molar-refractivity contribution in [2.24, 2.45) is 5.41 Å². The van der Waals surface area contributed by atoms with Gasteiger partial charge in [0.2, 0.25) is 5.91 Å². The highest BCUT2D eigenvalue weighted by atomic mass is 32.2. The molecular weight excluding hydrogens is 246 g/mol. The monoisotopic (exact) mass is 265 g/mol. The third-order valence-electron chi connectivity index (χ3n) is 2.03. The summed E-state index contributed by atoms with van der Waals surface area (Å²) in [6, 6.07) is -0.807. The van der Waals surface area contributed by atoms with Crippen molar-refractivity contribution >= 4 is 36.3 Å². The van der Waals surface area contributed by atoms with E-state index in [-0.39, 0.29) is 17.7 Å². The van der Waals surface area contributed by atoms with Gasteiger partial charge < -0.3 is 10.4 Å². The summed E-state index contributed by atoms with van der Waals surface area (Å²) in [5.74, 6) is -0.268. The van der Waals surface area contributed by atoms with Crippen LogP contribution in [0.15, 0.2) is 0 Å². The molecule has 0 aromatic rings. The number of rotatable bonds is 7.